The normalized spacial score (nSPS) is 12.0. The second-order valence-electron chi connectivity index (χ2n) is 19.0. The fourth-order valence-electron chi connectivity index (χ4n) is 10.7. The molecule has 0 fully saturated rings. The van der Waals surface area contributed by atoms with Crippen molar-refractivity contribution < 1.29 is 0 Å². The minimum atomic E-state index is 0.419. The van der Waals surface area contributed by atoms with Crippen LogP contribution >= 0.6 is 0 Å². The van der Waals surface area contributed by atoms with Crippen molar-refractivity contribution in [3.63, 3.8) is 0 Å². The smallest absolute Gasteiger partial charge is 0.131 e. The average molecular weight is 979 g/mol. The summed E-state index contributed by atoms with van der Waals surface area (Å²) in [4.78, 5) is 18.6. The summed E-state index contributed by atoms with van der Waals surface area (Å²) in [6, 6.07) is 79.0. The van der Waals surface area contributed by atoms with Gasteiger partial charge in [-0.1, -0.05) is 133 Å². The van der Waals surface area contributed by atoms with E-state index in [0.717, 1.165) is 94.6 Å². The van der Waals surface area contributed by atoms with Crippen LogP contribution in [0, 0.1) is 6.92 Å². The molecule has 0 aliphatic heterocycles. The zero-order valence-electron chi connectivity index (χ0n) is 41.7. The summed E-state index contributed by atoms with van der Waals surface area (Å²) >= 11 is 0. The van der Waals surface area contributed by atoms with Crippen molar-refractivity contribution in [1.82, 2.24) is 28.7 Å². The zero-order valence-corrected chi connectivity index (χ0v) is 41.7. The molecular weight excluding hydrogens is 929 g/mol. The Morgan fingerprint density at radius 2 is 1.01 bits per heavy atom. The predicted octanol–water partition coefficient (Wildman–Crippen LogP) is 15.8. The van der Waals surface area contributed by atoms with Crippen molar-refractivity contribution in [3.05, 3.63) is 284 Å². The Balaban J connectivity index is 0.000000734. The molecule has 0 saturated carbocycles. The highest BCUT2D eigenvalue weighted by Crippen LogP contribution is 2.40. The summed E-state index contributed by atoms with van der Waals surface area (Å²) in [5.41, 5.74) is 24.9. The molecule has 8 nitrogen and oxygen atoms in total. The van der Waals surface area contributed by atoms with E-state index in [-0.39, 0.29) is 0 Å². The first-order valence-electron chi connectivity index (χ1n) is 25.5. The number of hydrogen-bond acceptors (Lipinski definition) is 4. The second-order valence-corrected chi connectivity index (χ2v) is 19.0. The van der Waals surface area contributed by atoms with E-state index in [2.05, 4.69) is 213 Å². The molecule has 0 atom stereocenters. The van der Waals surface area contributed by atoms with Crippen LogP contribution in [-0.2, 0) is 6.42 Å². The van der Waals surface area contributed by atoms with E-state index in [0.29, 0.717) is 12.3 Å². The Bertz CT molecular complexity index is 4490. The minimum Gasteiger partial charge on any atom is -0.383 e. The fraction of sp³-hybridized carbons (Fsp3) is 0.0294. The molecule has 0 aliphatic carbocycles. The maximum Gasteiger partial charge on any atom is 0.131 e. The molecule has 0 saturated heterocycles. The van der Waals surface area contributed by atoms with E-state index in [1.165, 1.54) is 27.1 Å². The average Bonchev–Trinajstić information content (AvgIpc) is 4.24. The maximum atomic E-state index is 6.90. The van der Waals surface area contributed by atoms with Gasteiger partial charge in [-0.25, -0.2) is 4.99 Å². The Hall–Kier alpha value is -10.2. The Morgan fingerprint density at radius 1 is 0.434 bits per heavy atom. The van der Waals surface area contributed by atoms with Crippen LogP contribution in [0.4, 0.5) is 0 Å². The van der Waals surface area contributed by atoms with Crippen LogP contribution in [0.2, 0.25) is 0 Å². The molecule has 6 aromatic heterocycles. The van der Waals surface area contributed by atoms with Gasteiger partial charge in [0.1, 0.15) is 5.84 Å². The number of benzene rings is 8. The van der Waals surface area contributed by atoms with E-state index in [1.807, 2.05) is 67.1 Å². The van der Waals surface area contributed by atoms with Crippen LogP contribution in [0.25, 0.3) is 99.4 Å². The van der Waals surface area contributed by atoms with Gasteiger partial charge >= 0.3 is 0 Å². The summed E-state index contributed by atoms with van der Waals surface area (Å²) in [7, 11) is 0. The zero-order chi connectivity index (χ0) is 51.0. The molecule has 6 heterocycles. The van der Waals surface area contributed by atoms with Gasteiger partial charge in [-0.15, -0.1) is 0 Å². The Labute approximate surface area is 439 Å². The number of rotatable bonds is 9. The second kappa shape index (κ2) is 19.7. The summed E-state index contributed by atoms with van der Waals surface area (Å²) in [5.74, 6) is 0.419. The summed E-state index contributed by atoms with van der Waals surface area (Å²) < 4.78 is 7.04. The molecule has 0 bridgehead atoms. The van der Waals surface area contributed by atoms with Crippen LogP contribution < -0.4 is 5.73 Å². The van der Waals surface area contributed by atoms with Crippen LogP contribution in [0.15, 0.2) is 267 Å². The van der Waals surface area contributed by atoms with E-state index < -0.39 is 0 Å². The number of aliphatic imine (C=N–C) groups is 1. The molecule has 0 spiro atoms. The third-order valence-corrected chi connectivity index (χ3v) is 14.2. The van der Waals surface area contributed by atoms with Crippen molar-refractivity contribution in [2.75, 3.05) is 0 Å². The number of hydrogen-bond donors (Lipinski definition) is 1. The summed E-state index contributed by atoms with van der Waals surface area (Å²) in [6.07, 6.45) is 11.9. The van der Waals surface area contributed by atoms with Crippen molar-refractivity contribution in [2.24, 2.45) is 10.7 Å². The lowest BCUT2D eigenvalue weighted by Gasteiger charge is -2.12. The number of fused-ring (bicyclic) bond motifs is 9. The van der Waals surface area contributed by atoms with Gasteiger partial charge in [0.15, 0.2) is 0 Å². The number of nitrogens with two attached hydrogens (primary N) is 1. The Kier molecular flexibility index (Phi) is 11.8. The number of nitrogens with zero attached hydrogens (tertiary/aromatic N) is 7. The predicted molar refractivity (Wildman–Crippen MR) is 315 cm³/mol. The van der Waals surface area contributed by atoms with Crippen molar-refractivity contribution in [3.8, 4) is 28.2 Å². The highest BCUT2D eigenvalue weighted by molar-refractivity contribution is 6.14. The van der Waals surface area contributed by atoms with Crippen LogP contribution in [0.5, 0.6) is 0 Å². The minimum absolute atomic E-state index is 0.419. The molecule has 0 aliphatic rings. The van der Waals surface area contributed by atoms with Gasteiger partial charge in [-0.3, -0.25) is 15.0 Å². The van der Waals surface area contributed by atoms with Crippen molar-refractivity contribution >= 4 is 77.1 Å². The van der Waals surface area contributed by atoms with Gasteiger partial charge in [0.25, 0.3) is 0 Å². The number of pyridine rings is 3. The first kappa shape index (κ1) is 45.7. The number of allylic oxidation sites excluding steroid dienone is 1. The van der Waals surface area contributed by atoms with Gasteiger partial charge in [0.05, 0.1) is 44.3 Å². The molecular formula is C68H50N8. The number of aromatic nitrogens is 6. The van der Waals surface area contributed by atoms with Crippen LogP contribution in [-0.4, -0.2) is 34.5 Å². The lowest BCUT2D eigenvalue weighted by Crippen LogP contribution is -2.14. The van der Waals surface area contributed by atoms with Crippen LogP contribution in [0.1, 0.15) is 22.3 Å². The lowest BCUT2D eigenvalue weighted by molar-refractivity contribution is 1.16. The standard InChI is InChI=1S/C61H42N8.C7H8/c62-61(66-53(44-14-10-32-64-39-44)28-23-40-12-9-31-63-38-40)43-13-8-17-46(34-43)69-54-20-6-4-18-48(54)50-27-24-42(36-59(50)69)41-25-29-56-51(35-41)49-19-5-7-21-55(49)68(56)47-26-30-57-52(37-47)60-58(22-11-33-65-60)67(57)45-15-2-1-3-16-45;1-7-5-3-2-4-6-7/h1-22,24-39H,23H2,(H2,62,66);2-6H,1H3/b53-28-;. The number of aryl methyl sites for hydroxylation is 1. The molecule has 2 N–H and O–H groups in total. The monoisotopic (exact) mass is 978 g/mol. The van der Waals surface area contributed by atoms with E-state index in [9.17, 15) is 0 Å². The fourth-order valence-corrected chi connectivity index (χ4v) is 10.7. The number of para-hydroxylation sites is 3. The molecule has 0 radical (unpaired) electrons. The van der Waals surface area contributed by atoms with Gasteiger partial charge < -0.3 is 19.4 Å². The summed E-state index contributed by atoms with van der Waals surface area (Å²) in [5, 5.41) is 5.86. The third kappa shape index (κ3) is 8.43. The molecule has 76 heavy (non-hydrogen) atoms. The highest BCUT2D eigenvalue weighted by Gasteiger charge is 2.19. The van der Waals surface area contributed by atoms with Gasteiger partial charge in [-0.2, -0.15) is 0 Å². The largest absolute Gasteiger partial charge is 0.383 e. The molecule has 14 aromatic rings. The summed E-state index contributed by atoms with van der Waals surface area (Å²) in [6.45, 7) is 2.08. The van der Waals surface area contributed by atoms with E-state index >= 15 is 0 Å². The molecule has 8 heteroatoms. The first-order chi connectivity index (χ1) is 37.5. The molecule has 362 valence electrons. The van der Waals surface area contributed by atoms with Gasteiger partial charge in [0.2, 0.25) is 0 Å². The molecule has 0 unspecified atom stereocenters. The lowest BCUT2D eigenvalue weighted by atomic mass is 10.0. The first-order valence-corrected chi connectivity index (χ1v) is 25.5. The van der Waals surface area contributed by atoms with Gasteiger partial charge in [0, 0.05) is 86.1 Å². The topological polar surface area (TPSA) is 91.8 Å². The van der Waals surface area contributed by atoms with Crippen LogP contribution in [0.3, 0.4) is 0 Å². The quantitative estimate of drug-likeness (QED) is 0.115. The Morgan fingerprint density at radius 3 is 1.76 bits per heavy atom. The van der Waals surface area contributed by atoms with E-state index in [1.54, 1.807) is 12.4 Å². The van der Waals surface area contributed by atoms with E-state index in [4.69, 9.17) is 15.7 Å². The maximum absolute atomic E-state index is 6.90. The molecule has 14 rings (SSSR count). The SMILES string of the molecule is Cc1ccccc1.NC(=N/C(=C\Cc1cccnc1)c1cccnc1)c1cccc(-n2c3ccccc3c3ccc(-c4ccc5c(c4)c4ccccc4n5-c4ccc5c(c4)c4ncccc4n5-c4ccccc4)cc32)c1. The molecule has 0 amide bonds. The van der Waals surface area contributed by atoms with Crippen molar-refractivity contribution in [1.29, 1.82) is 0 Å². The highest BCUT2D eigenvalue weighted by atomic mass is 15.0. The van der Waals surface area contributed by atoms with Crippen molar-refractivity contribution in [2.45, 2.75) is 13.3 Å². The molecule has 8 aromatic carbocycles. The third-order valence-electron chi connectivity index (χ3n) is 14.2. The van der Waals surface area contributed by atoms with Gasteiger partial charge in [-0.05, 0) is 133 Å². The number of amidine groups is 1.